The van der Waals surface area contributed by atoms with Crippen molar-refractivity contribution in [2.24, 2.45) is 0 Å². The summed E-state index contributed by atoms with van der Waals surface area (Å²) in [6.45, 7) is 6.88. The van der Waals surface area contributed by atoms with Gasteiger partial charge in [0.25, 0.3) is 0 Å². The first-order valence-electron chi connectivity index (χ1n) is 11.1. The van der Waals surface area contributed by atoms with Crippen LogP contribution in [0.5, 0.6) is 0 Å². The lowest BCUT2D eigenvalue weighted by Gasteiger charge is -2.24. The number of anilines is 1. The van der Waals surface area contributed by atoms with Crippen LogP contribution >= 0.6 is 11.8 Å². The molecule has 2 aromatic heterocycles. The number of hydrogen-bond donors (Lipinski definition) is 0. The molecule has 5 rings (SSSR count). The topological polar surface area (TPSA) is 64.2 Å². The van der Waals surface area contributed by atoms with Crippen LogP contribution in [0.25, 0.3) is 0 Å². The Balaban J connectivity index is 1.38. The normalized spacial score (nSPS) is 19.4. The Morgan fingerprint density at radius 2 is 2.03 bits per heavy atom. The minimum Gasteiger partial charge on any atom is -0.467 e. The average Bonchev–Trinajstić information content (AvgIpc) is 3.29. The van der Waals surface area contributed by atoms with Gasteiger partial charge in [-0.2, -0.15) is 0 Å². The molecule has 1 aliphatic heterocycles. The van der Waals surface area contributed by atoms with Crippen molar-refractivity contribution in [3.05, 3.63) is 71.6 Å². The van der Waals surface area contributed by atoms with Crippen molar-refractivity contribution < 1.29 is 9.21 Å². The minimum atomic E-state index is -0.276. The van der Waals surface area contributed by atoms with Crippen LogP contribution in [0.1, 0.15) is 56.7 Å². The lowest BCUT2D eigenvalue weighted by atomic mass is 9.83. The van der Waals surface area contributed by atoms with Gasteiger partial charge in [0.05, 0.1) is 18.1 Å². The highest BCUT2D eigenvalue weighted by atomic mass is 32.2. The molecule has 32 heavy (non-hydrogen) atoms. The summed E-state index contributed by atoms with van der Waals surface area (Å²) >= 11 is 1.47. The first-order valence-corrected chi connectivity index (χ1v) is 12.0. The summed E-state index contributed by atoms with van der Waals surface area (Å²) in [6.07, 6.45) is 5.78. The molecule has 0 bridgehead atoms. The van der Waals surface area contributed by atoms with E-state index in [2.05, 4.69) is 51.7 Å². The molecule has 1 saturated carbocycles. The summed E-state index contributed by atoms with van der Waals surface area (Å²) in [4.78, 5) is 15.4. The van der Waals surface area contributed by atoms with Crippen LogP contribution in [0, 0.1) is 0 Å². The van der Waals surface area contributed by atoms with Crippen LogP contribution in [0.4, 0.5) is 5.69 Å². The Labute approximate surface area is 192 Å². The van der Waals surface area contributed by atoms with Crippen LogP contribution in [0.15, 0.2) is 64.0 Å². The van der Waals surface area contributed by atoms with Gasteiger partial charge in [0, 0.05) is 35.8 Å². The third-order valence-corrected chi connectivity index (χ3v) is 7.58. The van der Waals surface area contributed by atoms with E-state index in [9.17, 15) is 4.79 Å². The van der Waals surface area contributed by atoms with Crippen molar-refractivity contribution in [3.63, 3.8) is 0 Å². The summed E-state index contributed by atoms with van der Waals surface area (Å²) in [6, 6.07) is 12.2. The number of rotatable bonds is 7. The number of fused-ring (bicyclic) bond motifs is 1. The molecule has 2 aliphatic rings. The number of carbonyl (C=O) groups excluding carboxylic acids is 1. The van der Waals surface area contributed by atoms with Crippen LogP contribution in [-0.4, -0.2) is 32.8 Å². The van der Waals surface area contributed by atoms with Gasteiger partial charge in [-0.1, -0.05) is 43.8 Å². The molecular formula is C25H28N4O2S. The van der Waals surface area contributed by atoms with Crippen molar-refractivity contribution in [2.45, 2.75) is 61.9 Å². The SMILES string of the molecule is CC(Sc1nnc(C2CC2)n1Cc1ccco1)C(=O)/C=C1\N(C)c2ccccc2C1(C)C. The summed E-state index contributed by atoms with van der Waals surface area (Å²) < 4.78 is 7.67. The zero-order valence-corrected chi connectivity index (χ0v) is 19.7. The Kier molecular flexibility index (Phi) is 5.24. The maximum absolute atomic E-state index is 13.3. The van der Waals surface area contributed by atoms with E-state index in [-0.39, 0.29) is 16.4 Å². The van der Waals surface area contributed by atoms with Gasteiger partial charge in [0.15, 0.2) is 10.9 Å². The van der Waals surface area contributed by atoms with E-state index >= 15 is 0 Å². The highest BCUT2D eigenvalue weighted by molar-refractivity contribution is 8.00. The zero-order chi connectivity index (χ0) is 22.5. The van der Waals surface area contributed by atoms with E-state index in [1.165, 1.54) is 17.3 Å². The Bertz CT molecular complexity index is 1170. The van der Waals surface area contributed by atoms with Crippen molar-refractivity contribution in [1.29, 1.82) is 0 Å². The average molecular weight is 449 g/mol. The molecule has 0 spiro atoms. The van der Waals surface area contributed by atoms with Gasteiger partial charge in [-0.05, 0) is 43.5 Å². The second-order valence-electron chi connectivity index (χ2n) is 9.17. The van der Waals surface area contributed by atoms with Crippen molar-refractivity contribution >= 4 is 23.2 Å². The molecule has 3 aromatic rings. The molecule has 7 heteroatoms. The number of benzene rings is 1. The number of allylic oxidation sites excluding steroid dienone is 2. The number of para-hydroxylation sites is 1. The van der Waals surface area contributed by atoms with Gasteiger partial charge in [-0.15, -0.1) is 10.2 Å². The number of nitrogens with zero attached hydrogens (tertiary/aromatic N) is 4. The number of aromatic nitrogens is 3. The van der Waals surface area contributed by atoms with Gasteiger partial charge < -0.3 is 9.32 Å². The van der Waals surface area contributed by atoms with Crippen LogP contribution < -0.4 is 4.90 Å². The highest BCUT2D eigenvalue weighted by Gasteiger charge is 2.39. The largest absolute Gasteiger partial charge is 0.467 e. The summed E-state index contributed by atoms with van der Waals surface area (Å²) in [5, 5.41) is 9.38. The van der Waals surface area contributed by atoms with Gasteiger partial charge in [-0.3, -0.25) is 9.36 Å². The fraction of sp³-hybridized carbons (Fsp3) is 0.400. The van der Waals surface area contributed by atoms with E-state index in [0.29, 0.717) is 12.5 Å². The van der Waals surface area contributed by atoms with Crippen molar-refractivity contribution in [3.8, 4) is 0 Å². The van der Waals surface area contributed by atoms with Crippen LogP contribution in [0.2, 0.25) is 0 Å². The molecule has 1 aromatic carbocycles. The molecule has 166 valence electrons. The molecule has 1 fully saturated rings. The van der Waals surface area contributed by atoms with E-state index < -0.39 is 0 Å². The minimum absolute atomic E-state index is 0.0817. The number of ketones is 1. The van der Waals surface area contributed by atoms with Gasteiger partial charge in [0.1, 0.15) is 11.6 Å². The summed E-state index contributed by atoms with van der Waals surface area (Å²) in [7, 11) is 2.03. The molecular weight excluding hydrogens is 420 g/mol. The first-order chi connectivity index (χ1) is 15.4. The fourth-order valence-electron chi connectivity index (χ4n) is 4.46. The Hall–Kier alpha value is -2.80. The van der Waals surface area contributed by atoms with Crippen molar-refractivity contribution in [2.75, 3.05) is 11.9 Å². The number of thioether (sulfide) groups is 1. The van der Waals surface area contributed by atoms with E-state index in [4.69, 9.17) is 4.42 Å². The maximum Gasteiger partial charge on any atom is 0.192 e. The van der Waals surface area contributed by atoms with Gasteiger partial charge >= 0.3 is 0 Å². The zero-order valence-electron chi connectivity index (χ0n) is 18.9. The number of carbonyl (C=O) groups is 1. The molecule has 6 nitrogen and oxygen atoms in total. The molecule has 1 atom stereocenters. The third-order valence-electron chi connectivity index (χ3n) is 6.48. The highest BCUT2D eigenvalue weighted by Crippen LogP contribution is 2.47. The molecule has 0 saturated heterocycles. The standard InChI is InChI=1S/C25H28N4O2S/c1-16(21(30)14-22-25(2,3)19-9-5-6-10-20(19)28(22)4)32-24-27-26-23(17-11-12-17)29(24)15-18-8-7-13-31-18/h5-10,13-14,16-17H,11-12,15H2,1-4H3/b22-14-. The third kappa shape index (κ3) is 3.68. The predicted octanol–water partition coefficient (Wildman–Crippen LogP) is 5.16. The lowest BCUT2D eigenvalue weighted by Crippen LogP contribution is -2.25. The van der Waals surface area contributed by atoms with E-state index in [1.807, 2.05) is 38.2 Å². The number of hydrogen-bond acceptors (Lipinski definition) is 6. The fourth-order valence-corrected chi connectivity index (χ4v) is 5.34. The van der Waals surface area contributed by atoms with Gasteiger partial charge in [0.2, 0.25) is 0 Å². The lowest BCUT2D eigenvalue weighted by molar-refractivity contribution is -0.114. The molecule has 1 aliphatic carbocycles. The molecule has 3 heterocycles. The van der Waals surface area contributed by atoms with E-state index in [1.54, 1.807) is 6.26 Å². The maximum atomic E-state index is 13.3. The number of furan rings is 1. The van der Waals surface area contributed by atoms with Gasteiger partial charge in [-0.25, -0.2) is 0 Å². The second kappa shape index (κ2) is 7.96. The molecule has 0 amide bonds. The molecule has 1 unspecified atom stereocenters. The molecule has 0 N–H and O–H groups in total. The van der Waals surface area contributed by atoms with Crippen LogP contribution in [-0.2, 0) is 16.8 Å². The number of likely N-dealkylation sites (N-methyl/N-ethyl adjacent to an activating group) is 1. The Morgan fingerprint density at radius 3 is 2.72 bits per heavy atom. The second-order valence-corrected chi connectivity index (χ2v) is 10.5. The summed E-state index contributed by atoms with van der Waals surface area (Å²) in [5.74, 6) is 2.40. The van der Waals surface area contributed by atoms with E-state index in [0.717, 1.165) is 41.0 Å². The monoisotopic (exact) mass is 448 g/mol. The predicted molar refractivity (Wildman–Crippen MR) is 126 cm³/mol. The Morgan fingerprint density at radius 1 is 1.25 bits per heavy atom. The smallest absolute Gasteiger partial charge is 0.192 e. The molecule has 0 radical (unpaired) electrons. The first kappa shape index (κ1) is 21.1. The van der Waals surface area contributed by atoms with Crippen LogP contribution in [0.3, 0.4) is 0 Å². The van der Waals surface area contributed by atoms with Crippen molar-refractivity contribution in [1.82, 2.24) is 14.8 Å². The quantitative estimate of drug-likeness (QED) is 0.368. The summed E-state index contributed by atoms with van der Waals surface area (Å²) in [5.41, 5.74) is 3.20.